The van der Waals surface area contributed by atoms with E-state index in [0.29, 0.717) is 22.3 Å². The second-order valence-electron chi connectivity index (χ2n) is 7.40. The number of nitrogens with one attached hydrogen (secondary N) is 2. The molecule has 0 spiro atoms. The van der Waals surface area contributed by atoms with Gasteiger partial charge in [-0.2, -0.15) is 5.10 Å². The molecule has 0 saturated carbocycles. The molecule has 0 aliphatic rings. The summed E-state index contributed by atoms with van der Waals surface area (Å²) >= 11 is 0. The predicted octanol–water partition coefficient (Wildman–Crippen LogP) is 5.63. The highest BCUT2D eigenvalue weighted by atomic mass is 19.1. The number of aromatic amines is 2. The van der Waals surface area contributed by atoms with Gasteiger partial charge in [0.25, 0.3) is 0 Å². The first kappa shape index (κ1) is 20.3. The van der Waals surface area contributed by atoms with Crippen LogP contribution in [-0.2, 0) is 0 Å². The molecular formula is C25H19FN6O. The van der Waals surface area contributed by atoms with Gasteiger partial charge in [-0.25, -0.2) is 9.37 Å². The Kier molecular flexibility index (Phi) is 5.02. The van der Waals surface area contributed by atoms with E-state index in [1.54, 1.807) is 18.6 Å². The van der Waals surface area contributed by atoms with Gasteiger partial charge in [-0.05, 0) is 42.8 Å². The van der Waals surface area contributed by atoms with Crippen molar-refractivity contribution in [1.29, 1.82) is 0 Å². The van der Waals surface area contributed by atoms with E-state index in [1.165, 1.54) is 18.3 Å². The minimum atomic E-state index is -0.521. The van der Waals surface area contributed by atoms with E-state index in [2.05, 4.69) is 31.7 Å². The Morgan fingerprint density at radius 2 is 2.03 bits per heavy atom. The number of phenolic OH excluding ortho intramolecular Hbond substituents is 1. The van der Waals surface area contributed by atoms with Crippen LogP contribution >= 0.6 is 0 Å². The molecule has 0 aliphatic carbocycles. The van der Waals surface area contributed by atoms with Gasteiger partial charge in [0.15, 0.2) is 0 Å². The molecule has 4 aromatic heterocycles. The fourth-order valence-corrected chi connectivity index (χ4v) is 3.81. The van der Waals surface area contributed by atoms with Crippen LogP contribution < -0.4 is 0 Å². The number of H-pyrrole nitrogens is 2. The summed E-state index contributed by atoms with van der Waals surface area (Å²) in [5, 5.41) is 18.2. The van der Waals surface area contributed by atoms with Gasteiger partial charge >= 0.3 is 0 Å². The normalized spacial score (nSPS) is 12.2. The molecule has 8 heteroatoms. The number of phenols is 1. The topological polar surface area (TPSA) is 103 Å². The van der Waals surface area contributed by atoms with E-state index in [-0.39, 0.29) is 5.75 Å². The first-order chi connectivity index (χ1) is 16.1. The fourth-order valence-electron chi connectivity index (χ4n) is 3.81. The van der Waals surface area contributed by atoms with E-state index >= 15 is 0 Å². The smallest absolute Gasteiger partial charge is 0.135 e. The third kappa shape index (κ3) is 3.67. The Labute approximate surface area is 188 Å². The van der Waals surface area contributed by atoms with Gasteiger partial charge in [0, 0.05) is 41.2 Å². The van der Waals surface area contributed by atoms with Crippen LogP contribution in [0.5, 0.6) is 5.75 Å². The molecule has 0 bridgehead atoms. The van der Waals surface area contributed by atoms with Crippen molar-refractivity contribution in [2.75, 3.05) is 0 Å². The summed E-state index contributed by atoms with van der Waals surface area (Å²) in [6.45, 7) is 5.53. The van der Waals surface area contributed by atoms with E-state index in [9.17, 15) is 9.50 Å². The molecule has 4 heterocycles. The maximum Gasteiger partial charge on any atom is 0.135 e. The standard InChI is InChI=1S/C25H19FN6O/c1-3-14(11-27-4-2)20-5-6-21-24(30-20)25(32-31-21)22-10-18-19(12-28-13-23(18)29-22)15-7-16(26)9-17(33)8-15/h3-13,29,33H,2H2,1H3,(H,31,32)/b14-3+,27-11-. The van der Waals surface area contributed by atoms with Crippen LogP contribution in [0.25, 0.3) is 50.0 Å². The molecule has 0 amide bonds. The molecule has 0 atom stereocenters. The molecule has 0 fully saturated rings. The van der Waals surface area contributed by atoms with Crippen molar-refractivity contribution in [1.82, 2.24) is 25.1 Å². The number of pyridine rings is 2. The summed E-state index contributed by atoms with van der Waals surface area (Å²) in [4.78, 5) is 16.5. The zero-order valence-corrected chi connectivity index (χ0v) is 17.7. The molecular weight excluding hydrogens is 419 g/mol. The third-order valence-corrected chi connectivity index (χ3v) is 5.33. The van der Waals surface area contributed by atoms with Crippen molar-refractivity contribution >= 4 is 33.7 Å². The lowest BCUT2D eigenvalue weighted by Gasteiger charge is -2.04. The molecule has 0 aliphatic heterocycles. The monoisotopic (exact) mass is 438 g/mol. The van der Waals surface area contributed by atoms with Crippen molar-refractivity contribution < 1.29 is 9.50 Å². The minimum Gasteiger partial charge on any atom is -0.508 e. The van der Waals surface area contributed by atoms with Gasteiger partial charge in [0.2, 0.25) is 0 Å². The maximum absolute atomic E-state index is 13.9. The van der Waals surface area contributed by atoms with E-state index < -0.39 is 5.82 Å². The molecule has 5 aromatic rings. The Balaban J connectivity index is 1.65. The number of halogens is 1. The number of aromatic hydroxyl groups is 1. The molecule has 1 aromatic carbocycles. The highest BCUT2D eigenvalue weighted by Gasteiger charge is 2.16. The van der Waals surface area contributed by atoms with Gasteiger partial charge in [0.05, 0.1) is 28.6 Å². The molecule has 0 unspecified atom stereocenters. The zero-order valence-electron chi connectivity index (χ0n) is 17.7. The number of fused-ring (bicyclic) bond motifs is 2. The maximum atomic E-state index is 13.9. The lowest BCUT2D eigenvalue weighted by atomic mass is 10.0. The van der Waals surface area contributed by atoms with E-state index in [4.69, 9.17) is 4.98 Å². The van der Waals surface area contributed by atoms with Gasteiger partial charge < -0.3 is 10.1 Å². The highest BCUT2D eigenvalue weighted by Crippen LogP contribution is 2.34. The first-order valence-corrected chi connectivity index (χ1v) is 10.2. The van der Waals surface area contributed by atoms with E-state index in [0.717, 1.165) is 39.4 Å². The quantitative estimate of drug-likeness (QED) is 0.309. The van der Waals surface area contributed by atoms with Crippen molar-refractivity contribution in [2.45, 2.75) is 6.92 Å². The van der Waals surface area contributed by atoms with Crippen LogP contribution in [0, 0.1) is 5.82 Å². The fraction of sp³-hybridized carbons (Fsp3) is 0.0400. The number of rotatable bonds is 5. The molecule has 5 rings (SSSR count). The number of hydrogen-bond acceptors (Lipinski definition) is 5. The summed E-state index contributed by atoms with van der Waals surface area (Å²) in [6, 6.07) is 9.69. The lowest BCUT2D eigenvalue weighted by molar-refractivity contribution is 0.469. The zero-order chi connectivity index (χ0) is 22.9. The van der Waals surface area contributed by atoms with Crippen molar-refractivity contribution in [2.24, 2.45) is 4.99 Å². The molecule has 3 N–H and O–H groups in total. The third-order valence-electron chi connectivity index (χ3n) is 5.33. The van der Waals surface area contributed by atoms with Crippen LogP contribution in [0.2, 0.25) is 0 Å². The average molecular weight is 438 g/mol. The Hall–Kier alpha value is -4.59. The number of aromatic nitrogens is 5. The van der Waals surface area contributed by atoms with Crippen molar-refractivity contribution in [3.8, 4) is 28.3 Å². The summed E-state index contributed by atoms with van der Waals surface area (Å²) < 4.78 is 13.9. The van der Waals surface area contributed by atoms with E-state index in [1.807, 2.05) is 31.2 Å². The van der Waals surface area contributed by atoms with Crippen LogP contribution in [0.3, 0.4) is 0 Å². The van der Waals surface area contributed by atoms with Crippen molar-refractivity contribution in [3.63, 3.8) is 0 Å². The first-order valence-electron chi connectivity index (χ1n) is 10.2. The van der Waals surface area contributed by atoms with Crippen LogP contribution in [-0.4, -0.2) is 36.5 Å². The molecule has 0 radical (unpaired) electrons. The average Bonchev–Trinajstić information content (AvgIpc) is 3.42. The second-order valence-corrected chi connectivity index (χ2v) is 7.40. The van der Waals surface area contributed by atoms with Gasteiger partial charge in [0.1, 0.15) is 22.8 Å². The van der Waals surface area contributed by atoms with Crippen LogP contribution in [0.15, 0.2) is 72.6 Å². The number of hydrogen-bond donors (Lipinski definition) is 3. The summed E-state index contributed by atoms with van der Waals surface area (Å²) in [5.74, 6) is -0.667. The Bertz CT molecular complexity index is 1560. The van der Waals surface area contributed by atoms with Gasteiger partial charge in [-0.1, -0.05) is 12.7 Å². The predicted molar refractivity (Wildman–Crippen MR) is 128 cm³/mol. The van der Waals surface area contributed by atoms with Crippen molar-refractivity contribution in [3.05, 3.63) is 79.2 Å². The molecule has 7 nitrogen and oxygen atoms in total. The second kappa shape index (κ2) is 8.16. The number of benzene rings is 1. The summed E-state index contributed by atoms with van der Waals surface area (Å²) in [7, 11) is 0. The summed E-state index contributed by atoms with van der Waals surface area (Å²) in [6.07, 6.45) is 8.44. The Morgan fingerprint density at radius 1 is 1.15 bits per heavy atom. The number of nitrogens with zero attached hydrogens (tertiary/aromatic N) is 4. The summed E-state index contributed by atoms with van der Waals surface area (Å²) in [5.41, 5.74) is 6.46. The molecule has 33 heavy (non-hydrogen) atoms. The molecule has 162 valence electrons. The van der Waals surface area contributed by atoms with Crippen LogP contribution in [0.1, 0.15) is 12.6 Å². The molecule has 0 saturated heterocycles. The van der Waals surface area contributed by atoms with Crippen LogP contribution in [0.4, 0.5) is 4.39 Å². The van der Waals surface area contributed by atoms with Gasteiger partial charge in [-0.15, -0.1) is 0 Å². The highest BCUT2D eigenvalue weighted by molar-refractivity contribution is 6.10. The largest absolute Gasteiger partial charge is 0.508 e. The number of aliphatic imine (C=N–C) groups is 1. The van der Waals surface area contributed by atoms with Gasteiger partial charge in [-0.3, -0.25) is 15.1 Å². The Morgan fingerprint density at radius 3 is 2.82 bits per heavy atom. The number of allylic oxidation sites excluding steroid dienone is 2. The minimum absolute atomic E-state index is 0.146. The lowest BCUT2D eigenvalue weighted by Crippen LogP contribution is -1.91. The SMILES string of the molecule is C=C/N=C\C(=C/C)c1ccc2[nH]nc(-c3cc4c(-c5cc(O)cc(F)c5)cncc4[nH]3)c2n1.